The fraction of sp³-hybridized carbons (Fsp3) is 0.286. The highest BCUT2D eigenvalue weighted by molar-refractivity contribution is 5.37. The largest absolute Gasteiger partial charge is 0.478 e. The van der Waals surface area contributed by atoms with E-state index >= 15 is 0 Å². The molecule has 0 unspecified atom stereocenters. The predicted octanol–water partition coefficient (Wildman–Crippen LogP) is 2.81. The minimum absolute atomic E-state index is 0.330. The second-order valence-corrected chi connectivity index (χ2v) is 4.09. The number of halogens is 2. The molecule has 0 aliphatic heterocycles. The van der Waals surface area contributed by atoms with Crippen molar-refractivity contribution in [3.63, 3.8) is 0 Å². The van der Waals surface area contributed by atoms with Crippen LogP contribution in [0.5, 0.6) is 5.88 Å². The number of benzene rings is 1. The van der Waals surface area contributed by atoms with Gasteiger partial charge in [0.1, 0.15) is 23.8 Å². The molecule has 1 aromatic carbocycles. The summed E-state index contributed by atoms with van der Waals surface area (Å²) in [5.41, 5.74) is 0.330. The molecule has 4 nitrogen and oxygen atoms in total. The van der Waals surface area contributed by atoms with Crippen LogP contribution in [0.2, 0.25) is 0 Å². The molecule has 1 heterocycles. The van der Waals surface area contributed by atoms with Crippen LogP contribution in [0, 0.1) is 11.6 Å². The van der Waals surface area contributed by atoms with Gasteiger partial charge in [0.15, 0.2) is 0 Å². The lowest BCUT2D eigenvalue weighted by Crippen LogP contribution is -2.08. The SMILES string of the molecule is CCOc1cc(NCCc2cc(F)ccc2F)ncn1. The van der Waals surface area contributed by atoms with E-state index in [0.717, 1.165) is 12.1 Å². The average molecular weight is 279 g/mol. The van der Waals surface area contributed by atoms with E-state index < -0.39 is 11.6 Å². The quantitative estimate of drug-likeness (QED) is 0.883. The molecule has 6 heteroatoms. The zero-order valence-electron chi connectivity index (χ0n) is 11.1. The first kappa shape index (κ1) is 14.2. The van der Waals surface area contributed by atoms with Crippen molar-refractivity contribution < 1.29 is 13.5 Å². The Morgan fingerprint density at radius 1 is 1.20 bits per heavy atom. The lowest BCUT2D eigenvalue weighted by molar-refractivity contribution is 0.326. The van der Waals surface area contributed by atoms with Gasteiger partial charge >= 0.3 is 0 Å². The molecule has 0 radical (unpaired) electrons. The lowest BCUT2D eigenvalue weighted by atomic mass is 10.1. The van der Waals surface area contributed by atoms with Crippen molar-refractivity contribution in [2.45, 2.75) is 13.3 Å². The zero-order chi connectivity index (χ0) is 14.4. The minimum Gasteiger partial charge on any atom is -0.478 e. The fourth-order valence-corrected chi connectivity index (χ4v) is 1.72. The van der Waals surface area contributed by atoms with E-state index in [1.165, 1.54) is 12.4 Å². The van der Waals surface area contributed by atoms with E-state index in [-0.39, 0.29) is 0 Å². The summed E-state index contributed by atoms with van der Waals surface area (Å²) in [6, 6.07) is 5.08. The number of aromatic nitrogens is 2. The van der Waals surface area contributed by atoms with Gasteiger partial charge in [0.2, 0.25) is 5.88 Å². The van der Waals surface area contributed by atoms with Crippen LogP contribution < -0.4 is 10.1 Å². The Balaban J connectivity index is 1.92. The van der Waals surface area contributed by atoms with Crippen LogP contribution in [0.25, 0.3) is 0 Å². The molecular weight excluding hydrogens is 264 g/mol. The van der Waals surface area contributed by atoms with Gasteiger partial charge in [-0.15, -0.1) is 0 Å². The van der Waals surface area contributed by atoms with Crippen LogP contribution in [0.4, 0.5) is 14.6 Å². The first-order chi connectivity index (χ1) is 9.69. The topological polar surface area (TPSA) is 47.0 Å². The van der Waals surface area contributed by atoms with Crippen molar-refractivity contribution >= 4 is 5.82 Å². The number of anilines is 1. The molecule has 0 bridgehead atoms. The molecule has 0 fully saturated rings. The monoisotopic (exact) mass is 279 g/mol. The molecule has 0 spiro atoms. The highest BCUT2D eigenvalue weighted by Crippen LogP contribution is 2.13. The summed E-state index contributed by atoms with van der Waals surface area (Å²) in [6.07, 6.45) is 1.74. The van der Waals surface area contributed by atoms with Crippen LogP contribution in [0.1, 0.15) is 12.5 Å². The molecule has 2 aromatic rings. The standard InChI is InChI=1S/C14H15F2N3O/c1-2-20-14-8-13(18-9-19-14)17-6-5-10-7-11(15)3-4-12(10)16/h3-4,7-9H,2,5-6H2,1H3,(H,17,18,19). The van der Waals surface area contributed by atoms with Gasteiger partial charge in [-0.25, -0.2) is 18.7 Å². The third kappa shape index (κ3) is 3.88. The van der Waals surface area contributed by atoms with E-state index in [1.54, 1.807) is 6.07 Å². The highest BCUT2D eigenvalue weighted by Gasteiger charge is 2.04. The van der Waals surface area contributed by atoms with E-state index in [2.05, 4.69) is 15.3 Å². The summed E-state index contributed by atoms with van der Waals surface area (Å²) in [6.45, 7) is 2.82. The summed E-state index contributed by atoms with van der Waals surface area (Å²) in [4.78, 5) is 7.96. The Kier molecular flexibility index (Phi) is 4.81. The maximum absolute atomic E-state index is 13.4. The van der Waals surface area contributed by atoms with Crippen LogP contribution in [-0.2, 0) is 6.42 Å². The highest BCUT2D eigenvalue weighted by atomic mass is 19.1. The van der Waals surface area contributed by atoms with Gasteiger partial charge < -0.3 is 10.1 Å². The second kappa shape index (κ2) is 6.79. The molecule has 106 valence electrons. The Labute approximate surface area is 115 Å². The molecule has 0 amide bonds. The van der Waals surface area contributed by atoms with E-state index in [0.29, 0.717) is 36.8 Å². The summed E-state index contributed by atoms with van der Waals surface area (Å²) < 4.78 is 31.7. The van der Waals surface area contributed by atoms with E-state index in [1.807, 2.05) is 6.92 Å². The molecule has 0 saturated heterocycles. The Bertz CT molecular complexity index is 578. The first-order valence-electron chi connectivity index (χ1n) is 6.31. The lowest BCUT2D eigenvalue weighted by Gasteiger charge is -2.08. The molecule has 20 heavy (non-hydrogen) atoms. The van der Waals surface area contributed by atoms with Gasteiger partial charge in [-0.05, 0) is 37.1 Å². The van der Waals surface area contributed by atoms with Crippen molar-refractivity contribution in [1.29, 1.82) is 0 Å². The second-order valence-electron chi connectivity index (χ2n) is 4.09. The molecular formula is C14H15F2N3O. The summed E-state index contributed by atoms with van der Waals surface area (Å²) in [7, 11) is 0. The van der Waals surface area contributed by atoms with Crippen molar-refractivity contribution in [2.24, 2.45) is 0 Å². The van der Waals surface area contributed by atoms with Crippen LogP contribution in [0.3, 0.4) is 0 Å². The Morgan fingerprint density at radius 2 is 2.05 bits per heavy atom. The zero-order valence-corrected chi connectivity index (χ0v) is 11.1. The van der Waals surface area contributed by atoms with Gasteiger partial charge in [0.05, 0.1) is 6.61 Å². The van der Waals surface area contributed by atoms with Gasteiger partial charge in [-0.2, -0.15) is 0 Å². The van der Waals surface area contributed by atoms with Crippen molar-refractivity contribution in [2.75, 3.05) is 18.5 Å². The molecule has 0 saturated carbocycles. The third-order valence-electron chi connectivity index (χ3n) is 2.64. The third-order valence-corrected chi connectivity index (χ3v) is 2.64. The van der Waals surface area contributed by atoms with Crippen LogP contribution >= 0.6 is 0 Å². The number of ether oxygens (including phenoxy) is 1. The number of rotatable bonds is 6. The molecule has 0 aliphatic carbocycles. The van der Waals surface area contributed by atoms with E-state index in [4.69, 9.17) is 4.74 Å². The Hall–Kier alpha value is -2.24. The number of nitrogens with one attached hydrogen (secondary N) is 1. The number of hydrogen-bond donors (Lipinski definition) is 1. The van der Waals surface area contributed by atoms with Gasteiger partial charge in [-0.3, -0.25) is 0 Å². The van der Waals surface area contributed by atoms with Crippen LogP contribution in [-0.4, -0.2) is 23.1 Å². The normalized spacial score (nSPS) is 10.3. The molecule has 0 aliphatic rings. The smallest absolute Gasteiger partial charge is 0.218 e. The summed E-state index contributed by atoms with van der Waals surface area (Å²) in [5, 5.41) is 3.02. The molecule has 1 aromatic heterocycles. The van der Waals surface area contributed by atoms with Crippen molar-refractivity contribution in [3.05, 3.63) is 47.8 Å². The minimum atomic E-state index is -0.443. The van der Waals surface area contributed by atoms with Crippen molar-refractivity contribution in [1.82, 2.24) is 9.97 Å². The van der Waals surface area contributed by atoms with E-state index in [9.17, 15) is 8.78 Å². The maximum Gasteiger partial charge on any atom is 0.218 e. The predicted molar refractivity (Wildman–Crippen MR) is 71.8 cm³/mol. The average Bonchev–Trinajstić information content (AvgIpc) is 2.43. The molecule has 1 N–H and O–H groups in total. The van der Waals surface area contributed by atoms with Gasteiger partial charge in [0, 0.05) is 12.6 Å². The summed E-state index contributed by atoms with van der Waals surface area (Å²) in [5.74, 6) is 0.204. The van der Waals surface area contributed by atoms with Gasteiger partial charge in [0.25, 0.3) is 0 Å². The van der Waals surface area contributed by atoms with Crippen LogP contribution in [0.15, 0.2) is 30.6 Å². The maximum atomic E-state index is 13.4. The Morgan fingerprint density at radius 3 is 2.85 bits per heavy atom. The molecule has 2 rings (SSSR count). The fourth-order valence-electron chi connectivity index (χ4n) is 1.72. The number of nitrogens with zero attached hydrogens (tertiary/aromatic N) is 2. The number of hydrogen-bond acceptors (Lipinski definition) is 4. The van der Waals surface area contributed by atoms with Gasteiger partial charge in [-0.1, -0.05) is 0 Å². The van der Waals surface area contributed by atoms with Crippen molar-refractivity contribution in [3.8, 4) is 5.88 Å². The first-order valence-corrected chi connectivity index (χ1v) is 6.31. The molecule has 0 atom stereocenters. The summed E-state index contributed by atoms with van der Waals surface area (Å²) >= 11 is 0.